The Balaban J connectivity index is 4.68. The lowest BCUT2D eigenvalue weighted by molar-refractivity contribution is -0.146. The summed E-state index contributed by atoms with van der Waals surface area (Å²) in [6, 6.07) is -0.936. The molecule has 6 nitrogen and oxygen atoms in total. The van der Waals surface area contributed by atoms with Gasteiger partial charge in [0.1, 0.15) is 5.60 Å². The zero-order chi connectivity index (χ0) is 15.9. The second-order valence-corrected chi connectivity index (χ2v) is 5.62. The van der Waals surface area contributed by atoms with Gasteiger partial charge in [0, 0.05) is 0 Å². The van der Waals surface area contributed by atoms with Crippen LogP contribution in [-0.4, -0.2) is 43.5 Å². The molecule has 0 saturated carbocycles. The van der Waals surface area contributed by atoms with E-state index < -0.39 is 29.8 Å². The lowest BCUT2D eigenvalue weighted by Crippen LogP contribution is -2.50. The normalized spacial score (nSPS) is 14.1. The molecule has 1 N–H and O–H groups in total. The Hall–Kier alpha value is -1.56. The molecule has 2 atom stereocenters. The van der Waals surface area contributed by atoms with Crippen LogP contribution in [0, 0.1) is 0 Å². The van der Waals surface area contributed by atoms with Crippen LogP contribution in [0.25, 0.3) is 0 Å². The van der Waals surface area contributed by atoms with Crippen molar-refractivity contribution in [1.29, 1.82) is 0 Å². The van der Waals surface area contributed by atoms with Gasteiger partial charge >= 0.3 is 12.1 Å². The number of nitrogens with one attached hydrogen (secondary N) is 1. The van der Waals surface area contributed by atoms with E-state index >= 15 is 0 Å². The summed E-state index contributed by atoms with van der Waals surface area (Å²) < 4.78 is 15.2. The molecule has 0 aliphatic heterocycles. The highest BCUT2D eigenvalue weighted by Gasteiger charge is 2.30. The van der Waals surface area contributed by atoms with Crippen molar-refractivity contribution in [2.24, 2.45) is 0 Å². The molecule has 0 rings (SSSR count). The smallest absolute Gasteiger partial charge is 0.408 e. The molecule has 0 spiro atoms. The van der Waals surface area contributed by atoms with Gasteiger partial charge in [-0.1, -0.05) is 12.2 Å². The summed E-state index contributed by atoms with van der Waals surface area (Å²) in [6.45, 7) is 12.7. The summed E-state index contributed by atoms with van der Waals surface area (Å²) in [5.41, 5.74) is 0.171. The first kappa shape index (κ1) is 18.4. The third-order valence-corrected chi connectivity index (χ3v) is 2.19. The van der Waals surface area contributed by atoms with Crippen LogP contribution in [0.1, 0.15) is 34.6 Å². The molecule has 116 valence electrons. The first-order valence-electron chi connectivity index (χ1n) is 6.40. The molecule has 0 aliphatic rings. The molecule has 0 saturated heterocycles. The number of amides is 1. The summed E-state index contributed by atoms with van der Waals surface area (Å²) in [4.78, 5) is 23.4. The third kappa shape index (κ3) is 7.78. The lowest BCUT2D eigenvalue weighted by atomic mass is 10.2. The molecule has 0 radical (unpaired) electrons. The first-order valence-corrected chi connectivity index (χ1v) is 6.40. The van der Waals surface area contributed by atoms with Crippen molar-refractivity contribution in [2.75, 3.05) is 13.7 Å². The minimum Gasteiger partial charge on any atom is -0.467 e. The predicted molar refractivity (Wildman–Crippen MR) is 75.4 cm³/mol. The predicted octanol–water partition coefficient (Wildman–Crippen LogP) is 2.03. The molecule has 0 heterocycles. The second kappa shape index (κ2) is 7.89. The minimum atomic E-state index is -0.936. The van der Waals surface area contributed by atoms with Crippen molar-refractivity contribution in [3.05, 3.63) is 12.2 Å². The van der Waals surface area contributed by atoms with Gasteiger partial charge in [0.05, 0.1) is 19.8 Å². The van der Waals surface area contributed by atoms with Gasteiger partial charge < -0.3 is 19.5 Å². The average Bonchev–Trinajstić information content (AvgIpc) is 2.29. The summed E-state index contributed by atoms with van der Waals surface area (Å²) >= 11 is 0. The largest absolute Gasteiger partial charge is 0.467 e. The minimum absolute atomic E-state index is 0.296. The van der Waals surface area contributed by atoms with Crippen LogP contribution in [0.15, 0.2) is 12.2 Å². The number of hydrogen-bond donors (Lipinski definition) is 1. The highest BCUT2D eigenvalue weighted by molar-refractivity contribution is 5.82. The lowest BCUT2D eigenvalue weighted by Gasteiger charge is -2.25. The van der Waals surface area contributed by atoms with E-state index in [1.165, 1.54) is 7.11 Å². The van der Waals surface area contributed by atoms with Crippen LogP contribution >= 0.6 is 0 Å². The molecule has 6 heteroatoms. The number of rotatable bonds is 6. The zero-order valence-electron chi connectivity index (χ0n) is 13.1. The molecule has 1 amide bonds. The summed E-state index contributed by atoms with van der Waals surface area (Å²) in [5, 5.41) is 2.46. The van der Waals surface area contributed by atoms with E-state index in [1.807, 2.05) is 0 Å². The second-order valence-electron chi connectivity index (χ2n) is 5.62. The molecule has 0 aromatic rings. The van der Waals surface area contributed by atoms with E-state index in [0.717, 1.165) is 5.57 Å². The fraction of sp³-hybridized carbons (Fsp3) is 0.714. The van der Waals surface area contributed by atoms with E-state index in [4.69, 9.17) is 9.47 Å². The number of alkyl carbamates (subject to hydrolysis) is 1. The Kier molecular flexibility index (Phi) is 7.28. The van der Waals surface area contributed by atoms with Gasteiger partial charge in [0.15, 0.2) is 6.04 Å². The summed E-state index contributed by atoms with van der Waals surface area (Å²) in [6.07, 6.45) is -1.26. The van der Waals surface area contributed by atoms with Crippen LogP contribution in [0.2, 0.25) is 0 Å². The fourth-order valence-electron chi connectivity index (χ4n) is 1.30. The quantitative estimate of drug-likeness (QED) is 0.597. The molecule has 0 aliphatic carbocycles. The molecule has 0 aromatic carbocycles. The third-order valence-electron chi connectivity index (χ3n) is 2.19. The molecule has 0 bridgehead atoms. The van der Waals surface area contributed by atoms with Gasteiger partial charge in [-0.05, 0) is 34.6 Å². The zero-order valence-corrected chi connectivity index (χ0v) is 13.1. The Labute approximate surface area is 120 Å². The van der Waals surface area contributed by atoms with Gasteiger partial charge in [0.2, 0.25) is 0 Å². The highest BCUT2D eigenvalue weighted by Crippen LogP contribution is 2.09. The van der Waals surface area contributed by atoms with Crippen molar-refractivity contribution in [3.8, 4) is 0 Å². The van der Waals surface area contributed by atoms with E-state index in [0.29, 0.717) is 6.61 Å². The molecular weight excluding hydrogens is 262 g/mol. The van der Waals surface area contributed by atoms with Crippen LogP contribution in [0.3, 0.4) is 0 Å². The standard InChI is InChI=1S/C14H25NO5/c1-9(2)8-19-10(3)11(12(16)18-7)15-13(17)20-14(4,5)6/h10-11H,1,8H2,2-7H3,(H,15,17)/t10-,11+/m1/s1. The Bertz CT molecular complexity index is 359. The van der Waals surface area contributed by atoms with Crippen molar-refractivity contribution in [3.63, 3.8) is 0 Å². The summed E-state index contributed by atoms with van der Waals surface area (Å²) in [7, 11) is 1.25. The maximum Gasteiger partial charge on any atom is 0.408 e. The number of hydrogen-bond acceptors (Lipinski definition) is 5. The maximum atomic E-state index is 11.7. The Morgan fingerprint density at radius 2 is 1.85 bits per heavy atom. The highest BCUT2D eigenvalue weighted by atomic mass is 16.6. The molecule has 0 unspecified atom stereocenters. The van der Waals surface area contributed by atoms with Gasteiger partial charge in [-0.15, -0.1) is 0 Å². The number of ether oxygens (including phenoxy) is 3. The molecule has 0 fully saturated rings. The summed E-state index contributed by atoms with van der Waals surface area (Å²) in [5.74, 6) is -0.593. The molecular formula is C14H25NO5. The SMILES string of the molecule is C=C(C)CO[C@H](C)[C@H](NC(=O)OC(C)(C)C)C(=O)OC. The van der Waals surface area contributed by atoms with E-state index in [1.54, 1.807) is 34.6 Å². The van der Waals surface area contributed by atoms with E-state index in [2.05, 4.69) is 16.6 Å². The van der Waals surface area contributed by atoms with E-state index in [-0.39, 0.29) is 0 Å². The van der Waals surface area contributed by atoms with Crippen LogP contribution in [0.5, 0.6) is 0 Å². The number of esters is 1. The van der Waals surface area contributed by atoms with Crippen molar-refractivity contribution >= 4 is 12.1 Å². The maximum absolute atomic E-state index is 11.7. The van der Waals surface area contributed by atoms with Crippen LogP contribution in [0.4, 0.5) is 4.79 Å². The van der Waals surface area contributed by atoms with Gasteiger partial charge in [-0.3, -0.25) is 0 Å². The van der Waals surface area contributed by atoms with Crippen molar-refractivity contribution in [1.82, 2.24) is 5.32 Å². The van der Waals surface area contributed by atoms with E-state index in [9.17, 15) is 9.59 Å². The van der Waals surface area contributed by atoms with Gasteiger partial charge in [-0.25, -0.2) is 9.59 Å². The van der Waals surface area contributed by atoms with Crippen molar-refractivity contribution in [2.45, 2.75) is 52.4 Å². The average molecular weight is 287 g/mol. The van der Waals surface area contributed by atoms with Crippen LogP contribution < -0.4 is 5.32 Å². The monoisotopic (exact) mass is 287 g/mol. The van der Waals surface area contributed by atoms with Gasteiger partial charge in [0.25, 0.3) is 0 Å². The van der Waals surface area contributed by atoms with Crippen molar-refractivity contribution < 1.29 is 23.8 Å². The van der Waals surface area contributed by atoms with Gasteiger partial charge in [-0.2, -0.15) is 0 Å². The number of carbonyl (C=O) groups is 2. The molecule has 0 aromatic heterocycles. The first-order chi connectivity index (χ1) is 9.06. The van der Waals surface area contributed by atoms with Crippen LogP contribution in [-0.2, 0) is 19.0 Å². The molecule has 20 heavy (non-hydrogen) atoms. The topological polar surface area (TPSA) is 73.9 Å². The number of methoxy groups -OCH3 is 1. The Morgan fingerprint density at radius 3 is 2.25 bits per heavy atom. The Morgan fingerprint density at radius 1 is 1.30 bits per heavy atom. The fourth-order valence-corrected chi connectivity index (χ4v) is 1.30. The number of carbonyl (C=O) groups excluding carboxylic acids is 2.